The van der Waals surface area contributed by atoms with Crippen LogP contribution in [0, 0.1) is 11.7 Å². The summed E-state index contributed by atoms with van der Waals surface area (Å²) in [5, 5.41) is 6.79. The molecule has 4 atom stereocenters. The second-order valence-corrected chi connectivity index (χ2v) is 13.5. The normalized spacial score (nSPS) is 22.0. The molecule has 42 heavy (non-hydrogen) atoms. The van der Waals surface area contributed by atoms with Crippen molar-refractivity contribution in [1.82, 2.24) is 9.62 Å². The Kier molecular flexibility index (Phi) is 11.8. The van der Waals surface area contributed by atoms with Crippen LogP contribution in [0.2, 0.25) is 5.02 Å². The first-order valence-electron chi connectivity index (χ1n) is 14.4. The Morgan fingerprint density at radius 3 is 2.55 bits per heavy atom. The van der Waals surface area contributed by atoms with Crippen LogP contribution in [-0.4, -0.2) is 83.0 Å². The van der Waals surface area contributed by atoms with Gasteiger partial charge in [-0.1, -0.05) is 29.8 Å². The Morgan fingerprint density at radius 1 is 1.19 bits per heavy atom. The van der Waals surface area contributed by atoms with Crippen LogP contribution in [0.15, 0.2) is 42.5 Å². The van der Waals surface area contributed by atoms with Gasteiger partial charge in [0.1, 0.15) is 5.82 Å². The smallest absolute Gasteiger partial charge is 0.241 e. The molecule has 2 fully saturated rings. The van der Waals surface area contributed by atoms with E-state index in [1.807, 2.05) is 12.1 Å². The zero-order valence-electron chi connectivity index (χ0n) is 24.2. The maximum absolute atomic E-state index is 15.1. The summed E-state index contributed by atoms with van der Waals surface area (Å²) in [6.07, 6.45) is 4.13. The monoisotopic (exact) mass is 624 g/mol. The van der Waals surface area contributed by atoms with E-state index >= 15 is 4.39 Å². The van der Waals surface area contributed by atoms with Crippen LogP contribution in [0.4, 0.5) is 10.1 Å². The number of hydrogen-bond acceptors (Lipinski definition) is 7. The van der Waals surface area contributed by atoms with E-state index in [2.05, 4.69) is 10.6 Å². The average Bonchev–Trinajstić information content (AvgIpc) is 2.96. The van der Waals surface area contributed by atoms with Gasteiger partial charge in [-0.15, -0.1) is 0 Å². The minimum atomic E-state index is -3.47. The molecule has 2 aliphatic rings. The molecule has 2 aliphatic heterocycles. The van der Waals surface area contributed by atoms with Crippen LogP contribution in [0.5, 0.6) is 0 Å². The molecule has 4 rings (SSSR count). The van der Waals surface area contributed by atoms with Gasteiger partial charge in [-0.2, -0.15) is 4.31 Å². The lowest BCUT2D eigenvalue weighted by atomic mass is 9.76. The molecule has 12 heteroatoms. The number of nitrogens with one attached hydrogen (secondary N) is 2. The molecule has 2 aromatic rings. The highest BCUT2D eigenvalue weighted by molar-refractivity contribution is 7.88. The number of ether oxygens (including phenoxy) is 2. The highest BCUT2D eigenvalue weighted by Gasteiger charge is 2.37. The van der Waals surface area contributed by atoms with Gasteiger partial charge in [-0.25, -0.2) is 12.8 Å². The number of carbonyl (C=O) groups excluding carboxylic acids is 1. The van der Waals surface area contributed by atoms with Gasteiger partial charge in [0, 0.05) is 61.6 Å². The van der Waals surface area contributed by atoms with Crippen molar-refractivity contribution in [2.24, 2.45) is 11.7 Å². The lowest BCUT2D eigenvalue weighted by molar-refractivity contribution is -0.118. The zero-order valence-corrected chi connectivity index (χ0v) is 25.8. The number of nitrogens with two attached hydrogens (primary N) is 1. The lowest BCUT2D eigenvalue weighted by Gasteiger charge is -2.40. The SMILES string of the molecule is COCC1CNCC(CCCc2c(F)cccc2NC(=O)C(N)C(c2ccc(Cl)cc2)C2CCOCC2)N1S(C)(=O)=O. The van der Waals surface area contributed by atoms with Crippen molar-refractivity contribution in [2.75, 3.05) is 51.6 Å². The van der Waals surface area contributed by atoms with Crippen molar-refractivity contribution < 1.29 is 27.1 Å². The third kappa shape index (κ3) is 8.28. The fourth-order valence-corrected chi connectivity index (χ4v) is 7.87. The number of halogens is 2. The Morgan fingerprint density at radius 2 is 1.88 bits per heavy atom. The van der Waals surface area contributed by atoms with E-state index in [9.17, 15) is 13.2 Å². The summed E-state index contributed by atoms with van der Waals surface area (Å²) < 4.78 is 52.6. The Bertz CT molecular complexity index is 1290. The summed E-state index contributed by atoms with van der Waals surface area (Å²) in [7, 11) is -1.93. The molecule has 0 radical (unpaired) electrons. The summed E-state index contributed by atoms with van der Waals surface area (Å²) in [6.45, 7) is 2.51. The first-order chi connectivity index (χ1) is 20.1. The number of carbonyl (C=O) groups is 1. The number of piperazine rings is 1. The van der Waals surface area contributed by atoms with Gasteiger partial charge in [-0.3, -0.25) is 4.79 Å². The lowest BCUT2D eigenvalue weighted by Crippen LogP contribution is -2.60. The molecule has 4 unspecified atom stereocenters. The molecule has 0 aliphatic carbocycles. The molecule has 0 bridgehead atoms. The van der Waals surface area contributed by atoms with Gasteiger partial charge < -0.3 is 25.8 Å². The number of amides is 1. The van der Waals surface area contributed by atoms with Gasteiger partial charge >= 0.3 is 0 Å². The molecule has 232 valence electrons. The molecular formula is C30H42ClFN4O5S. The third-order valence-corrected chi connectivity index (χ3v) is 9.90. The molecule has 2 heterocycles. The Labute approximate surface area is 253 Å². The summed E-state index contributed by atoms with van der Waals surface area (Å²) in [5.41, 5.74) is 8.30. The van der Waals surface area contributed by atoms with Crippen LogP contribution in [0.3, 0.4) is 0 Å². The van der Waals surface area contributed by atoms with Gasteiger partial charge in [-0.05, 0) is 67.9 Å². The Hall–Kier alpha value is -2.12. The van der Waals surface area contributed by atoms with Crippen LogP contribution in [0.1, 0.15) is 42.7 Å². The van der Waals surface area contributed by atoms with Crippen molar-refractivity contribution in [3.05, 3.63) is 64.4 Å². The van der Waals surface area contributed by atoms with Crippen molar-refractivity contribution in [1.29, 1.82) is 0 Å². The molecule has 2 saturated heterocycles. The predicted molar refractivity (Wildman–Crippen MR) is 163 cm³/mol. The molecule has 0 aromatic heterocycles. The number of anilines is 1. The molecular weight excluding hydrogens is 583 g/mol. The van der Waals surface area contributed by atoms with E-state index in [1.165, 1.54) is 16.6 Å². The molecule has 9 nitrogen and oxygen atoms in total. The topological polar surface area (TPSA) is 123 Å². The minimum absolute atomic E-state index is 0.150. The molecule has 0 spiro atoms. The van der Waals surface area contributed by atoms with Crippen molar-refractivity contribution in [3.8, 4) is 0 Å². The number of hydrogen-bond donors (Lipinski definition) is 3. The number of rotatable bonds is 12. The molecule has 4 N–H and O–H groups in total. The van der Waals surface area contributed by atoms with Crippen LogP contribution >= 0.6 is 11.6 Å². The third-order valence-electron chi connectivity index (χ3n) is 8.28. The van der Waals surface area contributed by atoms with Crippen molar-refractivity contribution in [2.45, 2.75) is 56.1 Å². The van der Waals surface area contributed by atoms with E-state index in [1.54, 1.807) is 31.4 Å². The van der Waals surface area contributed by atoms with Gasteiger partial charge in [0.05, 0.1) is 24.9 Å². The number of sulfonamides is 1. The van der Waals surface area contributed by atoms with E-state index in [-0.39, 0.29) is 30.5 Å². The predicted octanol–water partition coefficient (Wildman–Crippen LogP) is 3.53. The minimum Gasteiger partial charge on any atom is -0.383 e. The molecule has 2 aromatic carbocycles. The standard InChI is InChI=1S/C30H42ClFN4O5S/c1-40-19-24-18-34-17-23(36(24)42(2,38)39)5-3-6-25-26(32)7-4-8-27(25)35-30(37)29(33)28(21-13-15-41-16-14-21)20-9-11-22(31)12-10-20/h4,7-12,21,23-24,28-29,34H,3,5-6,13-19,33H2,1-2H3,(H,35,37). The highest BCUT2D eigenvalue weighted by Crippen LogP contribution is 2.35. The number of nitrogens with zero attached hydrogens (tertiary/aromatic N) is 1. The van der Waals surface area contributed by atoms with Crippen LogP contribution < -0.4 is 16.4 Å². The van der Waals surface area contributed by atoms with Crippen LogP contribution in [0.25, 0.3) is 0 Å². The van der Waals surface area contributed by atoms with E-state index in [0.717, 1.165) is 18.4 Å². The number of methoxy groups -OCH3 is 1. The van der Waals surface area contributed by atoms with Gasteiger partial charge in [0.2, 0.25) is 15.9 Å². The van der Waals surface area contributed by atoms with Crippen molar-refractivity contribution in [3.63, 3.8) is 0 Å². The first kappa shape index (κ1) is 32.8. The second-order valence-electron chi connectivity index (χ2n) is 11.2. The fraction of sp³-hybridized carbons (Fsp3) is 0.567. The number of benzene rings is 2. The summed E-state index contributed by atoms with van der Waals surface area (Å²) >= 11 is 6.12. The van der Waals surface area contributed by atoms with E-state index in [0.29, 0.717) is 61.8 Å². The quantitative estimate of drug-likeness (QED) is 0.330. The summed E-state index contributed by atoms with van der Waals surface area (Å²) in [5.74, 6) is -0.935. The maximum Gasteiger partial charge on any atom is 0.241 e. The first-order valence-corrected chi connectivity index (χ1v) is 16.7. The maximum atomic E-state index is 15.1. The molecule has 1 amide bonds. The largest absolute Gasteiger partial charge is 0.383 e. The van der Waals surface area contributed by atoms with Crippen molar-refractivity contribution >= 4 is 33.2 Å². The molecule has 0 saturated carbocycles. The van der Waals surface area contributed by atoms with E-state index in [4.69, 9.17) is 26.8 Å². The van der Waals surface area contributed by atoms with Gasteiger partial charge in [0.15, 0.2) is 0 Å². The average molecular weight is 625 g/mol. The second kappa shape index (κ2) is 15.1. The highest BCUT2D eigenvalue weighted by atomic mass is 35.5. The fourth-order valence-electron chi connectivity index (χ4n) is 6.35. The van der Waals surface area contributed by atoms with E-state index < -0.39 is 27.8 Å². The zero-order chi connectivity index (χ0) is 30.3. The van der Waals surface area contributed by atoms with Crippen LogP contribution in [-0.2, 0) is 30.7 Å². The Balaban J connectivity index is 1.47. The van der Waals surface area contributed by atoms with Gasteiger partial charge in [0.25, 0.3) is 0 Å². The summed E-state index contributed by atoms with van der Waals surface area (Å²) in [6, 6.07) is 10.5. The summed E-state index contributed by atoms with van der Waals surface area (Å²) in [4.78, 5) is 13.6.